The van der Waals surface area contributed by atoms with Crippen molar-refractivity contribution in [3.63, 3.8) is 0 Å². The quantitative estimate of drug-likeness (QED) is 0.885. The Morgan fingerprint density at radius 2 is 1.84 bits per heavy atom. The van der Waals surface area contributed by atoms with Crippen molar-refractivity contribution in [1.29, 1.82) is 0 Å². The maximum atomic E-state index is 5.32. The van der Waals surface area contributed by atoms with Crippen molar-refractivity contribution in [1.82, 2.24) is 5.32 Å². The molecule has 3 heteroatoms. The van der Waals surface area contributed by atoms with E-state index in [0.717, 1.165) is 5.75 Å². The fourth-order valence-corrected chi connectivity index (χ4v) is 3.50. The number of rotatable bonds is 2. The van der Waals surface area contributed by atoms with Crippen LogP contribution in [0.15, 0.2) is 24.3 Å². The highest BCUT2D eigenvalue weighted by atomic mass is 16.5. The van der Waals surface area contributed by atoms with Gasteiger partial charge in [-0.25, -0.2) is 0 Å². The highest BCUT2D eigenvalue weighted by Crippen LogP contribution is 2.40. The fourth-order valence-electron chi connectivity index (χ4n) is 3.50. The predicted octanol–water partition coefficient (Wildman–Crippen LogP) is 2.67. The van der Waals surface area contributed by atoms with Gasteiger partial charge in [0.25, 0.3) is 0 Å². The van der Waals surface area contributed by atoms with Crippen molar-refractivity contribution < 1.29 is 4.74 Å². The number of benzene rings is 1. The molecule has 19 heavy (non-hydrogen) atoms. The summed E-state index contributed by atoms with van der Waals surface area (Å²) in [6.07, 6.45) is 5.40. The molecule has 3 nitrogen and oxygen atoms in total. The SMILES string of the molecule is COc1cccc(N2CCC3(CCNCC3)CC2)c1. The van der Waals surface area contributed by atoms with Crippen molar-refractivity contribution in [3.05, 3.63) is 24.3 Å². The summed E-state index contributed by atoms with van der Waals surface area (Å²) < 4.78 is 5.32. The molecule has 104 valence electrons. The number of hydrogen-bond acceptors (Lipinski definition) is 3. The van der Waals surface area contributed by atoms with Crippen molar-refractivity contribution in [2.45, 2.75) is 25.7 Å². The molecule has 2 aliphatic heterocycles. The summed E-state index contributed by atoms with van der Waals surface area (Å²) in [5, 5.41) is 3.48. The number of nitrogens with one attached hydrogen (secondary N) is 1. The van der Waals surface area contributed by atoms with Crippen LogP contribution in [0.3, 0.4) is 0 Å². The van der Waals surface area contributed by atoms with Crippen LogP contribution in [-0.2, 0) is 0 Å². The monoisotopic (exact) mass is 260 g/mol. The van der Waals surface area contributed by atoms with E-state index in [2.05, 4.69) is 28.4 Å². The first kappa shape index (κ1) is 12.8. The third-order valence-electron chi connectivity index (χ3n) is 4.91. The Kier molecular flexibility index (Phi) is 3.65. The second kappa shape index (κ2) is 5.41. The van der Waals surface area contributed by atoms with Gasteiger partial charge in [-0.2, -0.15) is 0 Å². The minimum Gasteiger partial charge on any atom is -0.497 e. The number of ether oxygens (including phenoxy) is 1. The number of anilines is 1. The van der Waals surface area contributed by atoms with Crippen LogP contribution < -0.4 is 15.0 Å². The molecular weight excluding hydrogens is 236 g/mol. The van der Waals surface area contributed by atoms with Crippen LogP contribution in [0.25, 0.3) is 0 Å². The molecule has 2 saturated heterocycles. The van der Waals surface area contributed by atoms with E-state index in [1.54, 1.807) is 7.11 Å². The van der Waals surface area contributed by atoms with Crippen LogP contribution in [0.2, 0.25) is 0 Å². The first-order valence-electron chi connectivity index (χ1n) is 7.41. The molecule has 0 unspecified atom stereocenters. The molecule has 0 atom stereocenters. The summed E-state index contributed by atoms with van der Waals surface area (Å²) in [4.78, 5) is 2.51. The van der Waals surface area contributed by atoms with Crippen molar-refractivity contribution in [2.75, 3.05) is 38.2 Å². The van der Waals surface area contributed by atoms with Gasteiger partial charge < -0.3 is 15.0 Å². The Morgan fingerprint density at radius 3 is 2.53 bits per heavy atom. The molecule has 0 saturated carbocycles. The summed E-state index contributed by atoms with van der Waals surface area (Å²) in [7, 11) is 1.74. The van der Waals surface area contributed by atoms with Crippen LogP contribution >= 0.6 is 0 Å². The van der Waals surface area contributed by atoms with Gasteiger partial charge in [0.05, 0.1) is 7.11 Å². The number of nitrogens with zero attached hydrogens (tertiary/aromatic N) is 1. The minimum absolute atomic E-state index is 0.626. The average Bonchev–Trinajstić information content (AvgIpc) is 2.49. The van der Waals surface area contributed by atoms with Crippen molar-refractivity contribution in [2.24, 2.45) is 5.41 Å². The maximum absolute atomic E-state index is 5.32. The molecule has 0 aliphatic carbocycles. The van der Waals surface area contributed by atoms with E-state index in [1.807, 2.05) is 6.07 Å². The zero-order valence-corrected chi connectivity index (χ0v) is 11.8. The molecule has 1 aromatic rings. The Bertz CT molecular complexity index is 417. The third-order valence-corrected chi connectivity index (χ3v) is 4.91. The van der Waals surface area contributed by atoms with Crippen LogP contribution in [0.1, 0.15) is 25.7 Å². The lowest BCUT2D eigenvalue weighted by Crippen LogP contribution is -2.45. The fraction of sp³-hybridized carbons (Fsp3) is 0.625. The Labute approximate surface area is 115 Å². The second-order valence-electron chi connectivity index (χ2n) is 5.94. The molecule has 0 aromatic heterocycles. The van der Waals surface area contributed by atoms with Gasteiger partial charge in [0.1, 0.15) is 5.75 Å². The second-order valence-corrected chi connectivity index (χ2v) is 5.94. The number of methoxy groups -OCH3 is 1. The van der Waals surface area contributed by atoms with Gasteiger partial charge in [-0.05, 0) is 56.3 Å². The summed E-state index contributed by atoms with van der Waals surface area (Å²) in [6.45, 7) is 4.79. The van der Waals surface area contributed by atoms with Crippen molar-refractivity contribution >= 4 is 5.69 Å². The number of hydrogen-bond donors (Lipinski definition) is 1. The molecule has 0 radical (unpaired) electrons. The van der Waals surface area contributed by atoms with Crippen LogP contribution in [0, 0.1) is 5.41 Å². The maximum Gasteiger partial charge on any atom is 0.120 e. The first-order valence-corrected chi connectivity index (χ1v) is 7.41. The zero-order valence-electron chi connectivity index (χ0n) is 11.8. The van der Waals surface area contributed by atoms with Crippen molar-refractivity contribution in [3.8, 4) is 5.75 Å². The Balaban J connectivity index is 1.65. The lowest BCUT2D eigenvalue weighted by Gasteiger charge is -2.45. The van der Waals surface area contributed by atoms with E-state index in [-0.39, 0.29) is 0 Å². The summed E-state index contributed by atoms with van der Waals surface area (Å²) in [5.74, 6) is 0.958. The van der Waals surface area contributed by atoms with Crippen LogP contribution in [-0.4, -0.2) is 33.3 Å². The standard InChI is InChI=1S/C16H24N2O/c1-19-15-4-2-3-14(13-15)18-11-7-16(8-12-18)5-9-17-10-6-16/h2-4,13,17H,5-12H2,1H3. The van der Waals surface area contributed by atoms with E-state index in [1.165, 1.54) is 57.5 Å². The normalized spacial score (nSPS) is 22.5. The molecule has 1 N–H and O–H groups in total. The topological polar surface area (TPSA) is 24.5 Å². The molecule has 1 aromatic carbocycles. The largest absolute Gasteiger partial charge is 0.497 e. The average molecular weight is 260 g/mol. The molecule has 0 bridgehead atoms. The molecule has 2 aliphatic rings. The lowest BCUT2D eigenvalue weighted by atomic mass is 9.71. The van der Waals surface area contributed by atoms with Crippen LogP contribution in [0.4, 0.5) is 5.69 Å². The molecule has 1 spiro atoms. The third kappa shape index (κ3) is 2.71. The van der Waals surface area contributed by atoms with E-state index < -0.39 is 0 Å². The summed E-state index contributed by atoms with van der Waals surface area (Å²) >= 11 is 0. The Morgan fingerprint density at radius 1 is 1.11 bits per heavy atom. The van der Waals surface area contributed by atoms with E-state index in [9.17, 15) is 0 Å². The zero-order chi connectivity index (χ0) is 13.1. The number of piperidine rings is 2. The van der Waals surface area contributed by atoms with E-state index >= 15 is 0 Å². The van der Waals surface area contributed by atoms with Crippen LogP contribution in [0.5, 0.6) is 5.75 Å². The predicted molar refractivity (Wildman–Crippen MR) is 79.0 cm³/mol. The van der Waals surface area contributed by atoms with Gasteiger partial charge in [-0.3, -0.25) is 0 Å². The molecule has 0 amide bonds. The molecule has 3 rings (SSSR count). The van der Waals surface area contributed by atoms with Gasteiger partial charge in [0.2, 0.25) is 0 Å². The van der Waals surface area contributed by atoms with Gasteiger partial charge in [0, 0.05) is 24.8 Å². The van der Waals surface area contributed by atoms with Gasteiger partial charge in [-0.1, -0.05) is 6.07 Å². The van der Waals surface area contributed by atoms with E-state index in [0.29, 0.717) is 5.41 Å². The highest BCUT2D eigenvalue weighted by Gasteiger charge is 2.35. The highest BCUT2D eigenvalue weighted by molar-refractivity contribution is 5.51. The Hall–Kier alpha value is -1.22. The van der Waals surface area contributed by atoms with E-state index in [4.69, 9.17) is 4.74 Å². The smallest absolute Gasteiger partial charge is 0.120 e. The van der Waals surface area contributed by atoms with Gasteiger partial charge >= 0.3 is 0 Å². The summed E-state index contributed by atoms with van der Waals surface area (Å²) in [5.41, 5.74) is 1.93. The molecule has 2 heterocycles. The first-order chi connectivity index (χ1) is 9.31. The minimum atomic E-state index is 0.626. The molecule has 2 fully saturated rings. The van der Waals surface area contributed by atoms with Gasteiger partial charge in [-0.15, -0.1) is 0 Å². The molecular formula is C16H24N2O. The lowest BCUT2D eigenvalue weighted by molar-refractivity contribution is 0.155. The van der Waals surface area contributed by atoms with Gasteiger partial charge in [0.15, 0.2) is 0 Å². The summed E-state index contributed by atoms with van der Waals surface area (Å²) in [6, 6.07) is 8.45.